The minimum absolute atomic E-state index is 0.276. The summed E-state index contributed by atoms with van der Waals surface area (Å²) >= 11 is 6.20. The molecule has 0 saturated carbocycles. The highest BCUT2D eigenvalue weighted by atomic mass is 35.5. The Balaban J connectivity index is 2.08. The summed E-state index contributed by atoms with van der Waals surface area (Å²) in [5.74, 6) is 1.39. The molecule has 0 aromatic carbocycles. The van der Waals surface area contributed by atoms with Crippen LogP contribution in [0.2, 0.25) is 5.02 Å². The fourth-order valence-corrected chi connectivity index (χ4v) is 2.46. The Hall–Kier alpha value is -1.07. The van der Waals surface area contributed by atoms with Gasteiger partial charge in [0.1, 0.15) is 5.02 Å². The van der Waals surface area contributed by atoms with E-state index in [1.165, 1.54) is 0 Å². The quantitative estimate of drug-likeness (QED) is 0.900. The average molecular weight is 285 g/mol. The molecule has 1 atom stereocenters. The van der Waals surface area contributed by atoms with Crippen molar-refractivity contribution in [2.24, 2.45) is 0 Å². The Morgan fingerprint density at radius 1 is 1.58 bits per heavy atom. The number of aromatic nitrogens is 2. The van der Waals surface area contributed by atoms with Gasteiger partial charge in [-0.1, -0.05) is 18.5 Å². The van der Waals surface area contributed by atoms with Crippen LogP contribution in [-0.2, 0) is 4.74 Å². The average Bonchev–Trinajstić information content (AvgIpc) is 2.46. The van der Waals surface area contributed by atoms with Gasteiger partial charge in [0.2, 0.25) is 5.95 Å². The van der Waals surface area contributed by atoms with Crippen molar-refractivity contribution in [2.75, 3.05) is 37.0 Å². The molecule has 1 saturated heterocycles. The molecule has 5 nitrogen and oxygen atoms in total. The lowest BCUT2D eigenvalue weighted by Gasteiger charge is -2.33. The minimum atomic E-state index is 0.276. The Labute approximate surface area is 119 Å². The zero-order valence-electron chi connectivity index (χ0n) is 11.5. The Bertz CT molecular complexity index is 416. The van der Waals surface area contributed by atoms with E-state index >= 15 is 0 Å². The molecule has 0 bridgehead atoms. The second-order valence-corrected chi connectivity index (χ2v) is 5.10. The first-order valence-corrected chi connectivity index (χ1v) is 7.19. The first-order chi connectivity index (χ1) is 9.24. The molecule has 1 unspecified atom stereocenters. The topological polar surface area (TPSA) is 50.3 Å². The van der Waals surface area contributed by atoms with Crippen LogP contribution in [0.5, 0.6) is 0 Å². The summed E-state index contributed by atoms with van der Waals surface area (Å²) in [6.07, 6.45) is 5.18. The highest BCUT2D eigenvalue weighted by molar-refractivity contribution is 6.32. The van der Waals surface area contributed by atoms with Gasteiger partial charge in [0.15, 0.2) is 5.82 Å². The van der Waals surface area contributed by atoms with Crippen LogP contribution in [0.3, 0.4) is 0 Å². The number of piperidine rings is 1. The zero-order valence-corrected chi connectivity index (χ0v) is 12.3. The fraction of sp³-hybridized carbons (Fsp3) is 0.692. The van der Waals surface area contributed by atoms with Crippen molar-refractivity contribution in [1.82, 2.24) is 9.97 Å². The molecule has 0 radical (unpaired) electrons. The molecule has 1 aromatic heterocycles. The number of halogens is 1. The Kier molecular flexibility index (Phi) is 5.22. The molecular formula is C13H21ClN4O. The van der Waals surface area contributed by atoms with E-state index in [0.29, 0.717) is 11.0 Å². The van der Waals surface area contributed by atoms with E-state index in [0.717, 1.165) is 44.8 Å². The summed E-state index contributed by atoms with van der Waals surface area (Å²) in [5.41, 5.74) is 0. The van der Waals surface area contributed by atoms with Crippen LogP contribution in [0.4, 0.5) is 11.8 Å². The molecule has 2 heterocycles. The second kappa shape index (κ2) is 6.91. The number of ether oxygens (including phenoxy) is 1. The van der Waals surface area contributed by atoms with Gasteiger partial charge in [-0.05, 0) is 19.3 Å². The van der Waals surface area contributed by atoms with Crippen molar-refractivity contribution in [1.29, 1.82) is 0 Å². The molecule has 1 aromatic rings. The van der Waals surface area contributed by atoms with Gasteiger partial charge in [0.25, 0.3) is 0 Å². The highest BCUT2D eigenvalue weighted by Gasteiger charge is 2.23. The number of rotatable bonds is 5. The lowest BCUT2D eigenvalue weighted by atomic mass is 10.1. The van der Waals surface area contributed by atoms with E-state index in [1.807, 2.05) is 0 Å². The van der Waals surface area contributed by atoms with Crippen molar-refractivity contribution in [3.05, 3.63) is 11.2 Å². The summed E-state index contributed by atoms with van der Waals surface area (Å²) in [5, 5.41) is 3.53. The van der Waals surface area contributed by atoms with E-state index in [4.69, 9.17) is 16.3 Å². The molecule has 106 valence electrons. The molecule has 1 N–H and O–H groups in total. The molecule has 6 heteroatoms. The maximum Gasteiger partial charge on any atom is 0.224 e. The van der Waals surface area contributed by atoms with Gasteiger partial charge in [0.05, 0.1) is 12.3 Å². The summed E-state index contributed by atoms with van der Waals surface area (Å²) < 4.78 is 5.84. The van der Waals surface area contributed by atoms with Crippen molar-refractivity contribution in [3.63, 3.8) is 0 Å². The number of hydrogen-bond donors (Lipinski definition) is 1. The van der Waals surface area contributed by atoms with E-state index in [9.17, 15) is 0 Å². The van der Waals surface area contributed by atoms with E-state index in [-0.39, 0.29) is 6.10 Å². The van der Waals surface area contributed by atoms with Gasteiger partial charge in [-0.15, -0.1) is 0 Å². The second-order valence-electron chi connectivity index (χ2n) is 4.70. The summed E-state index contributed by atoms with van der Waals surface area (Å²) in [4.78, 5) is 10.7. The van der Waals surface area contributed by atoms with Gasteiger partial charge < -0.3 is 15.0 Å². The van der Waals surface area contributed by atoms with E-state index in [2.05, 4.69) is 27.1 Å². The van der Waals surface area contributed by atoms with E-state index < -0.39 is 0 Å². The number of hydrogen-bond acceptors (Lipinski definition) is 5. The SMILES string of the molecule is CCCOC1CCCN(c2nc(NC)ncc2Cl)C1. The van der Waals surface area contributed by atoms with Crippen LogP contribution in [0.1, 0.15) is 26.2 Å². The molecule has 0 amide bonds. The van der Waals surface area contributed by atoms with Crippen LogP contribution >= 0.6 is 11.6 Å². The van der Waals surface area contributed by atoms with Crippen molar-refractivity contribution >= 4 is 23.4 Å². The lowest BCUT2D eigenvalue weighted by Crippen LogP contribution is -2.40. The molecule has 19 heavy (non-hydrogen) atoms. The third-order valence-corrected chi connectivity index (χ3v) is 3.45. The smallest absolute Gasteiger partial charge is 0.224 e. The van der Waals surface area contributed by atoms with Crippen molar-refractivity contribution < 1.29 is 4.74 Å². The molecule has 1 fully saturated rings. The molecule has 1 aliphatic rings. The monoisotopic (exact) mass is 284 g/mol. The van der Waals surface area contributed by atoms with Crippen LogP contribution < -0.4 is 10.2 Å². The third-order valence-electron chi connectivity index (χ3n) is 3.18. The minimum Gasteiger partial charge on any atom is -0.376 e. The maximum absolute atomic E-state index is 6.20. The molecule has 2 rings (SSSR count). The highest BCUT2D eigenvalue weighted by Crippen LogP contribution is 2.27. The van der Waals surface area contributed by atoms with Gasteiger partial charge in [0, 0.05) is 26.7 Å². The van der Waals surface area contributed by atoms with Gasteiger partial charge >= 0.3 is 0 Å². The first-order valence-electron chi connectivity index (χ1n) is 6.81. The molecular weight excluding hydrogens is 264 g/mol. The molecule has 1 aliphatic heterocycles. The van der Waals surface area contributed by atoms with Crippen molar-refractivity contribution in [3.8, 4) is 0 Å². The normalized spacial score (nSPS) is 19.5. The summed E-state index contributed by atoms with van der Waals surface area (Å²) in [6.45, 7) is 4.75. The molecule has 0 aliphatic carbocycles. The van der Waals surface area contributed by atoms with Crippen LogP contribution in [0.15, 0.2) is 6.20 Å². The fourth-order valence-electron chi connectivity index (χ4n) is 2.25. The third kappa shape index (κ3) is 3.70. The first kappa shape index (κ1) is 14.3. The number of anilines is 2. The zero-order chi connectivity index (χ0) is 13.7. The van der Waals surface area contributed by atoms with Gasteiger partial charge in [-0.3, -0.25) is 0 Å². The maximum atomic E-state index is 6.20. The summed E-state index contributed by atoms with van der Waals surface area (Å²) in [7, 11) is 1.80. The Morgan fingerprint density at radius 2 is 2.42 bits per heavy atom. The van der Waals surface area contributed by atoms with Gasteiger partial charge in [-0.25, -0.2) is 4.98 Å². The lowest BCUT2D eigenvalue weighted by molar-refractivity contribution is 0.0439. The number of nitrogens with zero attached hydrogens (tertiary/aromatic N) is 3. The van der Waals surface area contributed by atoms with Crippen LogP contribution in [-0.4, -0.2) is 42.8 Å². The number of nitrogens with one attached hydrogen (secondary N) is 1. The Morgan fingerprint density at radius 3 is 3.16 bits per heavy atom. The van der Waals surface area contributed by atoms with Crippen LogP contribution in [0, 0.1) is 0 Å². The van der Waals surface area contributed by atoms with E-state index in [1.54, 1.807) is 13.2 Å². The largest absolute Gasteiger partial charge is 0.376 e. The van der Waals surface area contributed by atoms with Crippen LogP contribution in [0.25, 0.3) is 0 Å². The summed E-state index contributed by atoms with van der Waals surface area (Å²) in [6, 6.07) is 0. The van der Waals surface area contributed by atoms with Crippen molar-refractivity contribution in [2.45, 2.75) is 32.3 Å². The standard InChI is InChI=1S/C13H21ClN4O/c1-3-7-19-10-5-4-6-18(9-10)12-11(14)8-16-13(15-2)17-12/h8,10H,3-7,9H2,1-2H3,(H,15,16,17). The predicted octanol–water partition coefficient (Wildman–Crippen LogP) is 2.57. The van der Waals surface area contributed by atoms with Gasteiger partial charge in [-0.2, -0.15) is 4.98 Å². The molecule has 0 spiro atoms. The predicted molar refractivity (Wildman–Crippen MR) is 78.1 cm³/mol.